The van der Waals surface area contributed by atoms with Crippen LogP contribution < -0.4 is 5.32 Å². The molecule has 0 atom stereocenters. The summed E-state index contributed by atoms with van der Waals surface area (Å²) >= 11 is 7.73. The number of para-hydroxylation sites is 1. The molecule has 0 spiro atoms. The Bertz CT molecular complexity index is 1070. The summed E-state index contributed by atoms with van der Waals surface area (Å²) in [6.07, 6.45) is 4.60. The lowest BCUT2D eigenvalue weighted by molar-refractivity contribution is -0.111. The number of hydrogen-bond donors (Lipinski definition) is 1. The van der Waals surface area contributed by atoms with Crippen LogP contribution in [0.2, 0.25) is 5.02 Å². The summed E-state index contributed by atoms with van der Waals surface area (Å²) in [5, 5.41) is 4.27. The molecule has 0 saturated carbocycles. The van der Waals surface area contributed by atoms with Crippen molar-refractivity contribution in [3.63, 3.8) is 0 Å². The molecule has 2 aromatic heterocycles. The molecule has 0 bridgehead atoms. The predicted octanol–water partition coefficient (Wildman–Crippen LogP) is 5.86. The van der Waals surface area contributed by atoms with Crippen molar-refractivity contribution in [1.29, 1.82) is 0 Å². The molecule has 26 heavy (non-hydrogen) atoms. The first-order valence-electron chi connectivity index (χ1n) is 7.87. The second kappa shape index (κ2) is 7.15. The molecular formula is C20H13ClN2O2S. The monoisotopic (exact) mass is 380 g/mol. The number of benzene rings is 2. The highest BCUT2D eigenvalue weighted by Gasteiger charge is 2.13. The molecule has 2 aromatic carbocycles. The Morgan fingerprint density at radius 3 is 2.85 bits per heavy atom. The van der Waals surface area contributed by atoms with Gasteiger partial charge in [0.25, 0.3) is 0 Å². The molecule has 1 N–H and O–H groups in total. The third-order valence-electron chi connectivity index (χ3n) is 3.71. The minimum Gasteiger partial charge on any atom is -0.465 e. The maximum Gasteiger partial charge on any atom is 0.248 e. The van der Waals surface area contributed by atoms with Crippen molar-refractivity contribution >= 4 is 50.8 Å². The molecule has 128 valence electrons. The molecule has 4 aromatic rings. The zero-order valence-corrected chi connectivity index (χ0v) is 15.1. The van der Waals surface area contributed by atoms with Crippen LogP contribution in [0.1, 0.15) is 5.76 Å². The van der Waals surface area contributed by atoms with E-state index in [0.29, 0.717) is 16.5 Å². The number of halogens is 1. The number of carbonyl (C=O) groups is 1. The quantitative estimate of drug-likeness (QED) is 0.451. The first-order valence-corrected chi connectivity index (χ1v) is 9.06. The fraction of sp³-hybridized carbons (Fsp3) is 0. The number of furan rings is 1. The summed E-state index contributed by atoms with van der Waals surface area (Å²) in [6.45, 7) is 0. The van der Waals surface area contributed by atoms with Gasteiger partial charge in [-0.25, -0.2) is 4.98 Å². The van der Waals surface area contributed by atoms with Crippen LogP contribution in [-0.2, 0) is 4.79 Å². The Kier molecular flexibility index (Phi) is 4.56. The van der Waals surface area contributed by atoms with E-state index in [2.05, 4.69) is 10.3 Å². The van der Waals surface area contributed by atoms with Gasteiger partial charge in [0.15, 0.2) is 0 Å². The van der Waals surface area contributed by atoms with Gasteiger partial charge in [-0.05, 0) is 48.5 Å². The van der Waals surface area contributed by atoms with E-state index in [0.717, 1.165) is 20.8 Å². The molecule has 6 heteroatoms. The van der Waals surface area contributed by atoms with Gasteiger partial charge in [-0.15, -0.1) is 11.3 Å². The van der Waals surface area contributed by atoms with Gasteiger partial charge >= 0.3 is 0 Å². The van der Waals surface area contributed by atoms with Gasteiger partial charge in [0.05, 0.1) is 22.2 Å². The average molecular weight is 381 g/mol. The van der Waals surface area contributed by atoms with Crippen molar-refractivity contribution in [3.8, 4) is 10.6 Å². The van der Waals surface area contributed by atoms with E-state index in [9.17, 15) is 4.79 Å². The third kappa shape index (κ3) is 3.54. The van der Waals surface area contributed by atoms with E-state index in [-0.39, 0.29) is 5.91 Å². The van der Waals surface area contributed by atoms with Gasteiger partial charge in [-0.2, -0.15) is 0 Å². The van der Waals surface area contributed by atoms with Crippen LogP contribution in [0.25, 0.3) is 26.9 Å². The van der Waals surface area contributed by atoms with E-state index in [1.54, 1.807) is 47.9 Å². The highest BCUT2D eigenvalue weighted by atomic mass is 35.5. The number of nitrogens with one attached hydrogen (secondary N) is 1. The second-order valence-electron chi connectivity index (χ2n) is 5.51. The minimum absolute atomic E-state index is 0.258. The first-order chi connectivity index (χ1) is 12.7. The summed E-state index contributed by atoms with van der Waals surface area (Å²) < 4.78 is 6.26. The van der Waals surface area contributed by atoms with Crippen LogP contribution in [0.15, 0.2) is 71.4 Å². The van der Waals surface area contributed by atoms with Gasteiger partial charge in [-0.3, -0.25) is 4.79 Å². The molecule has 1 amide bonds. The maximum absolute atomic E-state index is 12.3. The lowest BCUT2D eigenvalue weighted by atomic mass is 10.2. The molecule has 4 nitrogen and oxygen atoms in total. The Morgan fingerprint density at radius 2 is 2.04 bits per heavy atom. The Labute approximate surface area is 158 Å². The van der Waals surface area contributed by atoms with Crippen molar-refractivity contribution in [1.82, 2.24) is 4.98 Å². The van der Waals surface area contributed by atoms with E-state index in [1.807, 2.05) is 30.3 Å². The van der Waals surface area contributed by atoms with Crippen LogP contribution in [0, 0.1) is 0 Å². The summed E-state index contributed by atoms with van der Waals surface area (Å²) in [7, 11) is 0. The summed E-state index contributed by atoms with van der Waals surface area (Å²) in [6, 6.07) is 16.8. The zero-order chi connectivity index (χ0) is 17.9. The maximum atomic E-state index is 12.3. The highest BCUT2D eigenvalue weighted by molar-refractivity contribution is 7.21. The number of aromatic nitrogens is 1. The van der Waals surface area contributed by atoms with E-state index >= 15 is 0 Å². The number of anilines is 1. The molecule has 0 aliphatic carbocycles. The van der Waals surface area contributed by atoms with Crippen LogP contribution in [0.5, 0.6) is 0 Å². The molecule has 0 fully saturated rings. The molecular weight excluding hydrogens is 368 g/mol. The number of amides is 1. The fourth-order valence-corrected chi connectivity index (χ4v) is 3.68. The number of fused-ring (bicyclic) bond motifs is 1. The van der Waals surface area contributed by atoms with Crippen molar-refractivity contribution in [2.75, 3.05) is 5.32 Å². The number of carbonyl (C=O) groups excluding carboxylic acids is 1. The van der Waals surface area contributed by atoms with Crippen LogP contribution in [-0.4, -0.2) is 10.9 Å². The number of thiazole rings is 1. The standard InChI is InChI=1S/C20H13ClN2O2S/c21-13-7-9-16(22-19(24)10-8-14-4-3-11-25-14)15(12-13)20-23-17-5-1-2-6-18(17)26-20/h1-12H,(H,22,24)/b10-8+. The number of nitrogens with zero attached hydrogens (tertiary/aromatic N) is 1. The summed E-state index contributed by atoms with van der Waals surface area (Å²) in [5.74, 6) is 0.355. The molecule has 4 rings (SSSR count). The first kappa shape index (κ1) is 16.6. The third-order valence-corrected chi connectivity index (χ3v) is 5.01. The highest BCUT2D eigenvalue weighted by Crippen LogP contribution is 2.36. The van der Waals surface area contributed by atoms with E-state index in [1.165, 1.54) is 6.08 Å². The van der Waals surface area contributed by atoms with Gasteiger partial charge < -0.3 is 9.73 Å². The fourth-order valence-electron chi connectivity index (χ4n) is 2.51. The topological polar surface area (TPSA) is 55.1 Å². The van der Waals surface area contributed by atoms with Crippen LogP contribution in [0.4, 0.5) is 5.69 Å². The molecule has 0 radical (unpaired) electrons. The zero-order valence-electron chi connectivity index (χ0n) is 13.5. The van der Waals surface area contributed by atoms with Gasteiger partial charge in [0.1, 0.15) is 10.8 Å². The van der Waals surface area contributed by atoms with Crippen LogP contribution in [0.3, 0.4) is 0 Å². The molecule has 0 saturated heterocycles. The second-order valence-corrected chi connectivity index (χ2v) is 6.98. The molecule has 0 unspecified atom stereocenters. The Morgan fingerprint density at radius 1 is 1.15 bits per heavy atom. The van der Waals surface area contributed by atoms with Gasteiger partial charge in [-0.1, -0.05) is 23.7 Å². The van der Waals surface area contributed by atoms with Crippen LogP contribution >= 0.6 is 22.9 Å². The van der Waals surface area contributed by atoms with Crippen molar-refractivity contribution in [2.45, 2.75) is 0 Å². The summed E-state index contributed by atoms with van der Waals surface area (Å²) in [5.41, 5.74) is 2.36. The van der Waals surface area contributed by atoms with Crippen molar-refractivity contribution in [3.05, 3.63) is 77.7 Å². The molecule has 2 heterocycles. The Balaban J connectivity index is 1.65. The largest absolute Gasteiger partial charge is 0.465 e. The number of rotatable bonds is 4. The molecule has 0 aliphatic heterocycles. The van der Waals surface area contributed by atoms with Gasteiger partial charge in [0.2, 0.25) is 5.91 Å². The van der Waals surface area contributed by atoms with E-state index in [4.69, 9.17) is 16.0 Å². The van der Waals surface area contributed by atoms with E-state index < -0.39 is 0 Å². The van der Waals surface area contributed by atoms with Crippen molar-refractivity contribution in [2.24, 2.45) is 0 Å². The lowest BCUT2D eigenvalue weighted by Crippen LogP contribution is -2.08. The summed E-state index contributed by atoms with van der Waals surface area (Å²) in [4.78, 5) is 16.9. The SMILES string of the molecule is O=C(/C=C/c1ccco1)Nc1ccc(Cl)cc1-c1nc2ccccc2s1. The Hall–Kier alpha value is -2.89. The lowest BCUT2D eigenvalue weighted by Gasteiger charge is -2.08. The molecule has 0 aliphatic rings. The van der Waals surface area contributed by atoms with Gasteiger partial charge in [0, 0.05) is 16.7 Å². The smallest absolute Gasteiger partial charge is 0.248 e. The predicted molar refractivity (Wildman–Crippen MR) is 106 cm³/mol. The normalized spacial score (nSPS) is 11.3. The average Bonchev–Trinajstić information content (AvgIpc) is 3.30. The van der Waals surface area contributed by atoms with Crippen molar-refractivity contribution < 1.29 is 9.21 Å². The number of hydrogen-bond acceptors (Lipinski definition) is 4. The minimum atomic E-state index is -0.258.